The van der Waals surface area contributed by atoms with Gasteiger partial charge in [0.05, 0.1) is 20.3 Å². The highest BCUT2D eigenvalue weighted by Gasteiger charge is 2.23. The number of benzene rings is 1. The van der Waals surface area contributed by atoms with Crippen LogP contribution in [0.15, 0.2) is 18.2 Å². The number of hydrogen-bond acceptors (Lipinski definition) is 5. The van der Waals surface area contributed by atoms with Gasteiger partial charge in [-0.15, -0.1) is 0 Å². The van der Waals surface area contributed by atoms with Crippen molar-refractivity contribution in [2.24, 2.45) is 5.92 Å². The molecule has 1 fully saturated rings. The number of amides is 1. The molecule has 1 atom stereocenters. The molecule has 1 aromatic rings. The van der Waals surface area contributed by atoms with Crippen molar-refractivity contribution < 1.29 is 14.3 Å². The average Bonchev–Trinajstić information content (AvgIpc) is 2.83. The molecule has 0 radical (unpaired) electrons. The Morgan fingerprint density at radius 2 is 2.20 bits per heavy atom. The first-order valence-electron chi connectivity index (χ1n) is 9.12. The number of nitrogens with one attached hydrogen (secondary N) is 1. The summed E-state index contributed by atoms with van der Waals surface area (Å²) in [7, 11) is 3.80. The zero-order valence-electron chi connectivity index (χ0n) is 15.3. The summed E-state index contributed by atoms with van der Waals surface area (Å²) in [6.07, 6.45) is 2.03. The van der Waals surface area contributed by atoms with Gasteiger partial charge >= 0.3 is 0 Å². The maximum Gasteiger partial charge on any atom is 0.234 e. The van der Waals surface area contributed by atoms with Crippen molar-refractivity contribution in [2.45, 2.75) is 12.8 Å². The number of ether oxygens (including phenoxy) is 2. The maximum absolute atomic E-state index is 12.3. The number of para-hydroxylation sites is 1. The van der Waals surface area contributed by atoms with Gasteiger partial charge in [0.2, 0.25) is 5.91 Å². The largest absolute Gasteiger partial charge is 0.493 e. The van der Waals surface area contributed by atoms with Crippen LogP contribution in [0, 0.1) is 5.92 Å². The SMILES string of the molecule is COc1cccc2c1OC[C@H](CNC(=O)CN1CCCN(C)CC1)C2. The average molecular weight is 347 g/mol. The highest BCUT2D eigenvalue weighted by atomic mass is 16.5. The maximum atomic E-state index is 12.3. The summed E-state index contributed by atoms with van der Waals surface area (Å²) in [6.45, 7) is 5.86. The first-order chi connectivity index (χ1) is 12.2. The Labute approximate surface area is 150 Å². The van der Waals surface area contributed by atoms with Gasteiger partial charge in [0, 0.05) is 25.6 Å². The summed E-state index contributed by atoms with van der Waals surface area (Å²) in [5, 5.41) is 3.09. The molecule has 0 spiro atoms. The molecule has 1 N–H and O–H groups in total. The molecule has 2 heterocycles. The summed E-state index contributed by atoms with van der Waals surface area (Å²) in [5.74, 6) is 2.05. The van der Waals surface area contributed by atoms with E-state index in [4.69, 9.17) is 9.47 Å². The molecule has 3 rings (SSSR count). The monoisotopic (exact) mass is 347 g/mol. The van der Waals surface area contributed by atoms with E-state index in [0.29, 0.717) is 25.6 Å². The lowest BCUT2D eigenvalue weighted by Crippen LogP contribution is -2.42. The van der Waals surface area contributed by atoms with E-state index in [2.05, 4.69) is 28.2 Å². The summed E-state index contributed by atoms with van der Waals surface area (Å²) in [4.78, 5) is 16.8. The third kappa shape index (κ3) is 4.86. The minimum Gasteiger partial charge on any atom is -0.493 e. The molecule has 0 aromatic heterocycles. The number of rotatable bonds is 5. The van der Waals surface area contributed by atoms with Crippen LogP contribution in [0.1, 0.15) is 12.0 Å². The number of fused-ring (bicyclic) bond motifs is 1. The number of hydrogen-bond donors (Lipinski definition) is 1. The summed E-state index contributed by atoms with van der Waals surface area (Å²) in [6, 6.07) is 5.97. The zero-order valence-corrected chi connectivity index (χ0v) is 15.3. The molecule has 6 nitrogen and oxygen atoms in total. The normalized spacial score (nSPS) is 21.8. The quantitative estimate of drug-likeness (QED) is 0.861. The number of carbonyl (C=O) groups is 1. The number of carbonyl (C=O) groups excluding carboxylic acids is 1. The number of nitrogens with zero attached hydrogens (tertiary/aromatic N) is 2. The van der Waals surface area contributed by atoms with Gasteiger partial charge in [-0.05, 0) is 44.6 Å². The fourth-order valence-corrected chi connectivity index (χ4v) is 3.52. The van der Waals surface area contributed by atoms with Gasteiger partial charge in [-0.25, -0.2) is 0 Å². The van der Waals surface area contributed by atoms with Crippen molar-refractivity contribution in [3.05, 3.63) is 23.8 Å². The highest BCUT2D eigenvalue weighted by molar-refractivity contribution is 5.78. The molecule has 6 heteroatoms. The van der Waals surface area contributed by atoms with Gasteiger partial charge in [0.1, 0.15) is 0 Å². The van der Waals surface area contributed by atoms with Crippen molar-refractivity contribution in [3.8, 4) is 11.5 Å². The van der Waals surface area contributed by atoms with E-state index < -0.39 is 0 Å². The Hall–Kier alpha value is -1.79. The van der Waals surface area contributed by atoms with Gasteiger partial charge in [0.15, 0.2) is 11.5 Å². The van der Waals surface area contributed by atoms with Gasteiger partial charge in [-0.3, -0.25) is 9.69 Å². The lowest BCUT2D eigenvalue weighted by atomic mass is 9.96. The third-order valence-electron chi connectivity index (χ3n) is 5.02. The van der Waals surface area contributed by atoms with E-state index in [0.717, 1.165) is 56.1 Å². The molecule has 2 aliphatic heterocycles. The van der Waals surface area contributed by atoms with Crippen molar-refractivity contribution in [2.75, 3.05) is 60.0 Å². The van der Waals surface area contributed by atoms with Crippen molar-refractivity contribution in [1.29, 1.82) is 0 Å². The molecule has 138 valence electrons. The van der Waals surface area contributed by atoms with E-state index in [1.165, 1.54) is 0 Å². The molecule has 0 saturated carbocycles. The van der Waals surface area contributed by atoms with Crippen LogP contribution in [0.5, 0.6) is 11.5 Å². The predicted octanol–water partition coefficient (Wildman–Crippen LogP) is 1.00. The van der Waals surface area contributed by atoms with Gasteiger partial charge in [-0.1, -0.05) is 12.1 Å². The zero-order chi connectivity index (χ0) is 17.6. The van der Waals surface area contributed by atoms with Crippen LogP contribution in [0.25, 0.3) is 0 Å². The summed E-state index contributed by atoms with van der Waals surface area (Å²) < 4.78 is 11.2. The Kier molecular flexibility index (Phi) is 6.15. The first-order valence-corrected chi connectivity index (χ1v) is 9.12. The van der Waals surface area contributed by atoms with Crippen molar-refractivity contribution >= 4 is 5.91 Å². The van der Waals surface area contributed by atoms with Crippen LogP contribution >= 0.6 is 0 Å². The topological polar surface area (TPSA) is 54.0 Å². The number of likely N-dealkylation sites (N-methyl/N-ethyl adjacent to an activating group) is 1. The van der Waals surface area contributed by atoms with Crippen molar-refractivity contribution in [1.82, 2.24) is 15.1 Å². The van der Waals surface area contributed by atoms with E-state index in [-0.39, 0.29) is 5.91 Å². The van der Waals surface area contributed by atoms with Gasteiger partial charge in [0.25, 0.3) is 0 Å². The second-order valence-electron chi connectivity index (χ2n) is 7.07. The molecule has 1 amide bonds. The minimum absolute atomic E-state index is 0.112. The Bertz CT molecular complexity index is 593. The Morgan fingerprint density at radius 3 is 3.04 bits per heavy atom. The van der Waals surface area contributed by atoms with E-state index in [1.54, 1.807) is 7.11 Å². The summed E-state index contributed by atoms with van der Waals surface area (Å²) in [5.41, 5.74) is 1.15. The lowest BCUT2D eigenvalue weighted by molar-refractivity contribution is -0.122. The predicted molar refractivity (Wildman–Crippen MR) is 97.2 cm³/mol. The van der Waals surface area contributed by atoms with E-state index in [1.807, 2.05) is 12.1 Å². The van der Waals surface area contributed by atoms with Crippen molar-refractivity contribution in [3.63, 3.8) is 0 Å². The molecular weight excluding hydrogens is 318 g/mol. The Balaban J connectivity index is 1.45. The fraction of sp³-hybridized carbons (Fsp3) is 0.632. The van der Waals surface area contributed by atoms with Gasteiger partial charge < -0.3 is 19.7 Å². The van der Waals surface area contributed by atoms with Crippen LogP contribution in [0.3, 0.4) is 0 Å². The molecule has 2 aliphatic rings. The third-order valence-corrected chi connectivity index (χ3v) is 5.02. The van der Waals surface area contributed by atoms with Crippen LogP contribution in [0.4, 0.5) is 0 Å². The second-order valence-corrected chi connectivity index (χ2v) is 7.07. The first kappa shape index (κ1) is 18.0. The molecule has 0 aliphatic carbocycles. The molecular formula is C19H29N3O3. The van der Waals surface area contributed by atoms with E-state index >= 15 is 0 Å². The molecule has 25 heavy (non-hydrogen) atoms. The number of methoxy groups -OCH3 is 1. The summed E-state index contributed by atoms with van der Waals surface area (Å²) >= 11 is 0. The smallest absolute Gasteiger partial charge is 0.234 e. The van der Waals surface area contributed by atoms with Gasteiger partial charge in [-0.2, -0.15) is 0 Å². The molecule has 1 aromatic carbocycles. The van der Waals surface area contributed by atoms with Crippen LogP contribution in [-0.2, 0) is 11.2 Å². The van der Waals surface area contributed by atoms with Crippen LogP contribution < -0.4 is 14.8 Å². The van der Waals surface area contributed by atoms with E-state index in [9.17, 15) is 4.79 Å². The molecule has 0 unspecified atom stereocenters. The standard InChI is InChI=1S/C19H29N3O3/c1-21-7-4-8-22(10-9-21)13-18(23)20-12-15-11-16-5-3-6-17(24-2)19(16)25-14-15/h3,5-6,15H,4,7-14H2,1-2H3,(H,20,23)/t15-/m0/s1. The molecule has 1 saturated heterocycles. The Morgan fingerprint density at radius 1 is 1.32 bits per heavy atom. The van der Waals surface area contributed by atoms with Crippen LogP contribution in [-0.4, -0.2) is 75.7 Å². The molecule has 0 bridgehead atoms. The highest BCUT2D eigenvalue weighted by Crippen LogP contribution is 2.35. The van der Waals surface area contributed by atoms with Crippen LogP contribution in [0.2, 0.25) is 0 Å². The minimum atomic E-state index is 0.112. The fourth-order valence-electron chi connectivity index (χ4n) is 3.52. The second kappa shape index (κ2) is 8.54. The lowest BCUT2D eigenvalue weighted by Gasteiger charge is -2.27.